The van der Waals surface area contributed by atoms with Gasteiger partial charge in [-0.05, 0) is 25.3 Å². The molecule has 1 aliphatic carbocycles. The Kier molecular flexibility index (Phi) is 6.72. The van der Waals surface area contributed by atoms with Crippen LogP contribution in [0, 0.1) is 5.92 Å². The predicted molar refractivity (Wildman–Crippen MR) is 102 cm³/mol. The Labute approximate surface area is 161 Å². The number of likely N-dealkylation sites (tertiary alicyclic amines) is 1. The number of methoxy groups -OCH3 is 1. The lowest BCUT2D eigenvalue weighted by Gasteiger charge is -2.38. The van der Waals surface area contributed by atoms with Crippen molar-refractivity contribution in [3.05, 3.63) is 29.8 Å². The first-order valence-electron chi connectivity index (χ1n) is 9.95. The third-order valence-corrected chi connectivity index (χ3v) is 5.79. The lowest BCUT2D eigenvalue weighted by atomic mass is 9.94. The van der Waals surface area contributed by atoms with Crippen LogP contribution in [-0.4, -0.2) is 59.6 Å². The van der Waals surface area contributed by atoms with Gasteiger partial charge in [-0.3, -0.25) is 9.59 Å². The lowest BCUT2D eigenvalue weighted by molar-refractivity contribution is -0.145. The molecule has 0 bridgehead atoms. The van der Waals surface area contributed by atoms with Crippen molar-refractivity contribution in [2.24, 2.45) is 5.92 Å². The molecule has 1 saturated heterocycles. The lowest BCUT2D eigenvalue weighted by Crippen LogP contribution is -2.50. The molecule has 1 atom stereocenters. The van der Waals surface area contributed by atoms with Gasteiger partial charge in [0, 0.05) is 37.7 Å². The molecular weight excluding hydrogens is 344 g/mol. The average Bonchev–Trinajstić information content (AvgIpc) is 3.22. The molecule has 3 rings (SSSR count). The second-order valence-electron chi connectivity index (χ2n) is 7.52. The molecule has 0 unspecified atom stereocenters. The SMILES string of the molecule is COc1ccccc1CN(CCO)C(=O)[C@@H]1CCC(=O)N(C2CCCC2)C1. The van der Waals surface area contributed by atoms with Crippen LogP contribution in [0.4, 0.5) is 0 Å². The van der Waals surface area contributed by atoms with Gasteiger partial charge in [0.05, 0.1) is 19.6 Å². The van der Waals surface area contributed by atoms with Crippen molar-refractivity contribution >= 4 is 11.8 Å². The Balaban J connectivity index is 1.71. The van der Waals surface area contributed by atoms with Gasteiger partial charge in [0.1, 0.15) is 5.75 Å². The van der Waals surface area contributed by atoms with Gasteiger partial charge in [-0.25, -0.2) is 0 Å². The summed E-state index contributed by atoms with van der Waals surface area (Å²) in [6.45, 7) is 1.11. The van der Waals surface area contributed by atoms with Gasteiger partial charge in [-0.2, -0.15) is 0 Å². The zero-order valence-electron chi connectivity index (χ0n) is 16.1. The average molecular weight is 374 g/mol. The minimum absolute atomic E-state index is 0.0189. The predicted octanol–water partition coefficient (Wildman–Crippen LogP) is 2.20. The molecular formula is C21H30N2O4. The van der Waals surface area contributed by atoms with Crippen molar-refractivity contribution in [3.63, 3.8) is 0 Å². The number of aliphatic hydroxyl groups is 1. The number of nitrogens with zero attached hydrogens (tertiary/aromatic N) is 2. The van der Waals surface area contributed by atoms with E-state index in [9.17, 15) is 14.7 Å². The Morgan fingerprint density at radius 3 is 2.70 bits per heavy atom. The fraction of sp³-hybridized carbons (Fsp3) is 0.619. The number of ether oxygens (including phenoxy) is 1. The van der Waals surface area contributed by atoms with E-state index in [1.807, 2.05) is 29.2 Å². The smallest absolute Gasteiger partial charge is 0.227 e. The number of para-hydroxylation sites is 1. The topological polar surface area (TPSA) is 70.1 Å². The summed E-state index contributed by atoms with van der Waals surface area (Å²) in [6, 6.07) is 7.92. The van der Waals surface area contributed by atoms with Gasteiger partial charge in [0.15, 0.2) is 0 Å². The molecule has 2 fully saturated rings. The van der Waals surface area contributed by atoms with Crippen LogP contribution >= 0.6 is 0 Å². The van der Waals surface area contributed by atoms with Crippen molar-refractivity contribution in [2.75, 3.05) is 26.8 Å². The molecule has 6 nitrogen and oxygen atoms in total. The Morgan fingerprint density at radius 2 is 2.00 bits per heavy atom. The summed E-state index contributed by atoms with van der Waals surface area (Å²) in [5, 5.41) is 9.47. The molecule has 27 heavy (non-hydrogen) atoms. The van der Waals surface area contributed by atoms with Crippen molar-refractivity contribution in [1.82, 2.24) is 9.80 Å². The molecule has 6 heteroatoms. The number of hydrogen-bond donors (Lipinski definition) is 1. The highest BCUT2D eigenvalue weighted by molar-refractivity contribution is 5.84. The maximum absolute atomic E-state index is 13.2. The third kappa shape index (κ3) is 4.61. The van der Waals surface area contributed by atoms with Gasteiger partial charge in [0.2, 0.25) is 11.8 Å². The summed E-state index contributed by atoms with van der Waals surface area (Å²) in [5.41, 5.74) is 0.918. The quantitative estimate of drug-likeness (QED) is 0.794. The van der Waals surface area contributed by atoms with Gasteiger partial charge in [-0.1, -0.05) is 31.0 Å². The number of piperidine rings is 1. The van der Waals surface area contributed by atoms with Gasteiger partial charge >= 0.3 is 0 Å². The first kappa shape index (κ1) is 19.7. The van der Waals surface area contributed by atoms with Crippen LogP contribution in [0.5, 0.6) is 5.75 Å². The first-order valence-corrected chi connectivity index (χ1v) is 9.95. The van der Waals surface area contributed by atoms with E-state index in [2.05, 4.69) is 0 Å². The summed E-state index contributed by atoms with van der Waals surface area (Å²) in [6.07, 6.45) is 5.46. The fourth-order valence-electron chi connectivity index (χ4n) is 4.33. The third-order valence-electron chi connectivity index (χ3n) is 5.79. The summed E-state index contributed by atoms with van der Waals surface area (Å²) in [7, 11) is 1.61. The van der Waals surface area contributed by atoms with Crippen LogP contribution in [0.15, 0.2) is 24.3 Å². The van der Waals surface area contributed by atoms with Crippen molar-refractivity contribution < 1.29 is 19.4 Å². The molecule has 0 spiro atoms. The summed E-state index contributed by atoms with van der Waals surface area (Å²) in [5.74, 6) is 0.749. The molecule has 2 amide bonds. The zero-order chi connectivity index (χ0) is 19.2. The minimum Gasteiger partial charge on any atom is -0.496 e. The van der Waals surface area contributed by atoms with Crippen molar-refractivity contribution in [2.45, 2.75) is 51.1 Å². The second kappa shape index (κ2) is 9.22. The molecule has 148 valence electrons. The summed E-state index contributed by atoms with van der Waals surface area (Å²) < 4.78 is 5.39. The van der Waals surface area contributed by atoms with E-state index in [1.54, 1.807) is 12.0 Å². The zero-order valence-corrected chi connectivity index (χ0v) is 16.1. The maximum Gasteiger partial charge on any atom is 0.227 e. The van der Waals surface area contributed by atoms with Gasteiger partial charge in [0.25, 0.3) is 0 Å². The van der Waals surface area contributed by atoms with Crippen LogP contribution in [-0.2, 0) is 16.1 Å². The maximum atomic E-state index is 13.2. The molecule has 2 aliphatic rings. The van der Waals surface area contributed by atoms with E-state index in [1.165, 1.54) is 0 Å². The molecule has 1 aromatic rings. The van der Waals surface area contributed by atoms with Gasteiger partial charge < -0.3 is 19.6 Å². The Bertz CT molecular complexity index is 657. The highest BCUT2D eigenvalue weighted by Crippen LogP contribution is 2.30. The van der Waals surface area contributed by atoms with Crippen molar-refractivity contribution in [3.8, 4) is 5.75 Å². The Morgan fingerprint density at radius 1 is 1.26 bits per heavy atom. The number of carbonyl (C=O) groups is 2. The number of carbonyl (C=O) groups excluding carboxylic acids is 2. The normalized spacial score (nSPS) is 20.7. The van der Waals surface area contributed by atoms with E-state index in [0.717, 1.165) is 37.0 Å². The number of benzene rings is 1. The molecule has 1 saturated carbocycles. The number of rotatable bonds is 7. The molecule has 0 aromatic heterocycles. The summed E-state index contributed by atoms with van der Waals surface area (Å²) in [4.78, 5) is 29.2. The van der Waals surface area contributed by atoms with Crippen LogP contribution < -0.4 is 4.74 Å². The summed E-state index contributed by atoms with van der Waals surface area (Å²) >= 11 is 0. The molecule has 1 heterocycles. The number of amides is 2. The van der Waals surface area contributed by atoms with Crippen LogP contribution in [0.25, 0.3) is 0 Å². The van der Waals surface area contributed by atoms with Crippen LogP contribution in [0.1, 0.15) is 44.1 Å². The standard InChI is InChI=1S/C21H30N2O4/c1-27-19-9-5-2-6-16(19)14-22(12-13-24)21(26)17-10-11-20(25)23(15-17)18-7-3-4-8-18/h2,5-6,9,17-18,24H,3-4,7-8,10-15H2,1H3/t17-/m1/s1. The molecule has 1 N–H and O–H groups in total. The van der Waals surface area contributed by atoms with Crippen molar-refractivity contribution in [1.29, 1.82) is 0 Å². The van der Waals surface area contributed by atoms with E-state index in [-0.39, 0.29) is 30.9 Å². The number of hydrogen-bond acceptors (Lipinski definition) is 4. The van der Waals surface area contributed by atoms with E-state index >= 15 is 0 Å². The van der Waals surface area contributed by atoms with Crippen LogP contribution in [0.2, 0.25) is 0 Å². The van der Waals surface area contributed by atoms with E-state index in [4.69, 9.17) is 4.74 Å². The molecule has 1 aromatic carbocycles. The highest BCUT2D eigenvalue weighted by Gasteiger charge is 2.36. The van der Waals surface area contributed by atoms with E-state index in [0.29, 0.717) is 32.0 Å². The van der Waals surface area contributed by atoms with E-state index < -0.39 is 0 Å². The first-order chi connectivity index (χ1) is 13.1. The molecule has 1 aliphatic heterocycles. The number of aliphatic hydroxyl groups excluding tert-OH is 1. The monoisotopic (exact) mass is 374 g/mol. The Hall–Kier alpha value is -2.08. The minimum atomic E-state index is -0.190. The fourth-order valence-corrected chi connectivity index (χ4v) is 4.33. The largest absolute Gasteiger partial charge is 0.496 e. The molecule has 0 radical (unpaired) electrons. The highest BCUT2D eigenvalue weighted by atomic mass is 16.5. The second-order valence-corrected chi connectivity index (χ2v) is 7.52. The van der Waals surface area contributed by atoms with Gasteiger partial charge in [-0.15, -0.1) is 0 Å². The van der Waals surface area contributed by atoms with Crippen LogP contribution in [0.3, 0.4) is 0 Å².